The lowest BCUT2D eigenvalue weighted by atomic mass is 10.1. The lowest BCUT2D eigenvalue weighted by molar-refractivity contribution is 0.0702. The molecule has 0 spiro atoms. The number of rotatable bonds is 9. The number of aromatic nitrogens is 1. The van der Waals surface area contributed by atoms with Gasteiger partial charge in [-0.3, -0.25) is 19.9 Å². The third-order valence-electron chi connectivity index (χ3n) is 6.13. The number of hydroxylamine groups is 1. The Balaban J connectivity index is 1.69. The van der Waals surface area contributed by atoms with Gasteiger partial charge in [-0.05, 0) is 60.4 Å². The van der Waals surface area contributed by atoms with Crippen molar-refractivity contribution in [2.75, 3.05) is 13.7 Å². The molecule has 35 heavy (non-hydrogen) atoms. The Morgan fingerprint density at radius 2 is 1.94 bits per heavy atom. The molecule has 0 aliphatic carbocycles. The van der Waals surface area contributed by atoms with E-state index < -0.39 is 22.1 Å². The van der Waals surface area contributed by atoms with Crippen LogP contribution in [0.5, 0.6) is 5.75 Å². The molecule has 0 radical (unpaired) electrons. The maximum absolute atomic E-state index is 13.9. The summed E-state index contributed by atoms with van der Waals surface area (Å²) in [5.41, 5.74) is 3.51. The van der Waals surface area contributed by atoms with Gasteiger partial charge in [-0.15, -0.1) is 0 Å². The highest BCUT2D eigenvalue weighted by molar-refractivity contribution is 7.89. The van der Waals surface area contributed by atoms with Gasteiger partial charge < -0.3 is 4.74 Å². The van der Waals surface area contributed by atoms with Gasteiger partial charge in [0.25, 0.3) is 5.91 Å². The Morgan fingerprint density at radius 1 is 1.17 bits per heavy atom. The fourth-order valence-corrected chi connectivity index (χ4v) is 6.01. The molecule has 1 aliphatic heterocycles. The maximum atomic E-state index is 13.9. The van der Waals surface area contributed by atoms with Crippen molar-refractivity contribution in [3.8, 4) is 5.75 Å². The molecule has 0 bridgehead atoms. The van der Waals surface area contributed by atoms with Crippen molar-refractivity contribution in [3.05, 3.63) is 89.7 Å². The van der Waals surface area contributed by atoms with Gasteiger partial charge in [0.15, 0.2) is 0 Å². The summed E-state index contributed by atoms with van der Waals surface area (Å²) in [6.07, 6.45) is 4.34. The van der Waals surface area contributed by atoms with Crippen molar-refractivity contribution in [3.63, 3.8) is 0 Å². The van der Waals surface area contributed by atoms with E-state index in [-0.39, 0.29) is 11.4 Å². The van der Waals surface area contributed by atoms with Crippen LogP contribution < -0.4 is 10.2 Å². The highest BCUT2D eigenvalue weighted by Gasteiger charge is 2.38. The molecule has 3 aromatic rings. The second-order valence-corrected chi connectivity index (χ2v) is 10.2. The normalized spacial score (nSPS) is 16.4. The summed E-state index contributed by atoms with van der Waals surface area (Å²) in [6, 6.07) is 17.0. The van der Waals surface area contributed by atoms with Gasteiger partial charge in [-0.2, -0.15) is 4.31 Å². The van der Waals surface area contributed by atoms with Crippen molar-refractivity contribution >= 4 is 15.9 Å². The molecular formula is C25H28N4O5S. The molecule has 1 unspecified atom stereocenters. The third-order valence-corrected chi connectivity index (χ3v) is 7.98. The summed E-state index contributed by atoms with van der Waals surface area (Å²) >= 11 is 0. The van der Waals surface area contributed by atoms with Gasteiger partial charge in [0, 0.05) is 37.6 Å². The zero-order valence-corrected chi connectivity index (χ0v) is 20.2. The van der Waals surface area contributed by atoms with E-state index >= 15 is 0 Å². The first kappa shape index (κ1) is 24.8. The number of likely N-dealkylation sites (tertiary alicyclic amines) is 1. The number of carbonyl (C=O) groups is 1. The minimum atomic E-state index is -3.87. The topological polar surface area (TPSA) is 112 Å². The van der Waals surface area contributed by atoms with Gasteiger partial charge in [-0.1, -0.05) is 24.3 Å². The highest BCUT2D eigenvalue weighted by Crippen LogP contribution is 2.31. The average molecular weight is 497 g/mol. The van der Waals surface area contributed by atoms with Crippen LogP contribution in [-0.2, 0) is 23.1 Å². The number of nitrogens with one attached hydrogen (secondary N) is 1. The first-order valence-corrected chi connectivity index (χ1v) is 12.7. The molecule has 1 atom stereocenters. The number of hydrogen-bond acceptors (Lipinski definition) is 7. The smallest absolute Gasteiger partial charge is 0.274 e. The third kappa shape index (κ3) is 5.51. The number of benzene rings is 2. The minimum Gasteiger partial charge on any atom is -0.497 e. The number of methoxy groups -OCH3 is 1. The van der Waals surface area contributed by atoms with E-state index in [0.29, 0.717) is 36.4 Å². The Hall–Kier alpha value is -3.31. The summed E-state index contributed by atoms with van der Waals surface area (Å²) in [5, 5.41) is 9.13. The van der Waals surface area contributed by atoms with Crippen LogP contribution in [0.3, 0.4) is 0 Å². The molecule has 9 nitrogen and oxygen atoms in total. The van der Waals surface area contributed by atoms with Crippen molar-refractivity contribution in [1.29, 1.82) is 0 Å². The van der Waals surface area contributed by atoms with Gasteiger partial charge in [-0.25, -0.2) is 13.9 Å². The van der Waals surface area contributed by atoms with Crippen molar-refractivity contribution in [2.24, 2.45) is 0 Å². The van der Waals surface area contributed by atoms with E-state index in [1.165, 1.54) is 11.4 Å². The monoisotopic (exact) mass is 496 g/mol. The first-order valence-electron chi connectivity index (χ1n) is 11.2. The number of carbonyl (C=O) groups excluding carboxylic acids is 1. The molecule has 1 fully saturated rings. The standard InChI is InChI=1S/C25H28N4O5S/c1-34-21-10-12-22(13-11-21)35(32,33)29(17-19-6-4-14-26-16-19)24-9-5-15-28(24)18-20-7-2-3-8-23(20)25(30)27-31/h2-4,6-8,10-14,16,24,31H,5,9,15,17-18H2,1H3,(H,27,30). The predicted molar refractivity (Wildman–Crippen MR) is 129 cm³/mol. The quantitative estimate of drug-likeness (QED) is 0.346. The number of pyridine rings is 1. The molecule has 0 saturated carbocycles. The van der Waals surface area contributed by atoms with Crippen LogP contribution in [0.25, 0.3) is 0 Å². The summed E-state index contributed by atoms with van der Waals surface area (Å²) in [5.74, 6) is -0.0292. The van der Waals surface area contributed by atoms with Crippen LogP contribution in [-0.4, -0.2) is 53.5 Å². The van der Waals surface area contributed by atoms with Gasteiger partial charge in [0.2, 0.25) is 10.0 Å². The van der Waals surface area contributed by atoms with E-state index in [1.807, 2.05) is 18.2 Å². The summed E-state index contributed by atoms with van der Waals surface area (Å²) in [7, 11) is -2.34. The van der Waals surface area contributed by atoms with E-state index in [9.17, 15) is 13.2 Å². The Morgan fingerprint density at radius 3 is 2.63 bits per heavy atom. The molecule has 10 heteroatoms. The predicted octanol–water partition coefficient (Wildman–Crippen LogP) is 3.02. The van der Waals surface area contributed by atoms with Gasteiger partial charge in [0.1, 0.15) is 5.75 Å². The second-order valence-electron chi connectivity index (χ2n) is 8.28. The van der Waals surface area contributed by atoms with Gasteiger partial charge >= 0.3 is 0 Å². The average Bonchev–Trinajstić information content (AvgIpc) is 3.35. The number of hydrogen-bond donors (Lipinski definition) is 2. The zero-order chi connectivity index (χ0) is 24.8. The summed E-state index contributed by atoms with van der Waals surface area (Å²) in [6.45, 7) is 1.18. The van der Waals surface area contributed by atoms with Crippen LogP contribution in [0.15, 0.2) is 78.0 Å². The molecule has 1 aliphatic rings. The summed E-state index contributed by atoms with van der Waals surface area (Å²) in [4.78, 5) is 18.5. The van der Waals surface area contributed by atoms with Crippen LogP contribution >= 0.6 is 0 Å². The van der Waals surface area contributed by atoms with Crippen LogP contribution in [0.2, 0.25) is 0 Å². The van der Waals surface area contributed by atoms with Crippen molar-refractivity contribution in [1.82, 2.24) is 19.7 Å². The molecule has 2 N–H and O–H groups in total. The Bertz CT molecular complexity index is 1250. The lowest BCUT2D eigenvalue weighted by Gasteiger charge is -2.34. The Labute approximate surface area is 205 Å². The maximum Gasteiger partial charge on any atom is 0.274 e. The van der Waals surface area contributed by atoms with Crippen LogP contribution in [0.1, 0.15) is 34.3 Å². The lowest BCUT2D eigenvalue weighted by Crippen LogP contribution is -2.47. The molecule has 1 amide bonds. The van der Waals surface area contributed by atoms with E-state index in [4.69, 9.17) is 9.94 Å². The first-order chi connectivity index (χ1) is 16.9. The molecule has 1 saturated heterocycles. The van der Waals surface area contributed by atoms with E-state index in [0.717, 1.165) is 12.0 Å². The molecule has 184 valence electrons. The number of ether oxygens (including phenoxy) is 1. The number of sulfonamides is 1. The molecule has 1 aromatic heterocycles. The number of nitrogens with zero attached hydrogens (tertiary/aromatic N) is 3. The molecule has 2 aromatic carbocycles. The van der Waals surface area contributed by atoms with E-state index in [1.54, 1.807) is 60.3 Å². The largest absolute Gasteiger partial charge is 0.497 e. The zero-order valence-electron chi connectivity index (χ0n) is 19.4. The molecule has 2 heterocycles. The molecule has 4 rings (SSSR count). The fraction of sp³-hybridized carbons (Fsp3) is 0.280. The SMILES string of the molecule is COc1ccc(S(=O)(=O)N(Cc2cccnc2)C2CCCN2Cc2ccccc2C(=O)NO)cc1. The Kier molecular flexibility index (Phi) is 7.76. The minimum absolute atomic E-state index is 0.155. The summed E-state index contributed by atoms with van der Waals surface area (Å²) < 4.78 is 34.5. The fourth-order valence-electron chi connectivity index (χ4n) is 4.38. The second kappa shape index (κ2) is 11.0. The van der Waals surface area contributed by atoms with Crippen LogP contribution in [0.4, 0.5) is 0 Å². The highest BCUT2D eigenvalue weighted by atomic mass is 32.2. The van der Waals surface area contributed by atoms with Gasteiger partial charge in [0.05, 0.1) is 18.2 Å². The van der Waals surface area contributed by atoms with Crippen LogP contribution in [0, 0.1) is 0 Å². The molecular weight excluding hydrogens is 468 g/mol. The number of amides is 1. The van der Waals surface area contributed by atoms with E-state index in [2.05, 4.69) is 9.88 Å². The van der Waals surface area contributed by atoms with Crippen molar-refractivity contribution in [2.45, 2.75) is 37.0 Å². The van der Waals surface area contributed by atoms with Crippen molar-refractivity contribution < 1.29 is 23.2 Å².